The third-order valence-electron chi connectivity index (χ3n) is 3.74. The second kappa shape index (κ2) is 8.19. The Morgan fingerprint density at radius 2 is 1.60 bits per heavy atom. The van der Waals surface area contributed by atoms with Crippen LogP contribution < -0.4 is 14.8 Å². The van der Waals surface area contributed by atoms with Gasteiger partial charge >= 0.3 is 5.97 Å². The first-order chi connectivity index (χ1) is 12.0. The number of nitrogens with one attached hydrogen (secondary N) is 1. The minimum Gasteiger partial charge on any atom is -0.496 e. The Kier molecular flexibility index (Phi) is 6.00. The van der Waals surface area contributed by atoms with Crippen molar-refractivity contribution < 1.29 is 23.8 Å². The van der Waals surface area contributed by atoms with Gasteiger partial charge in [-0.05, 0) is 37.6 Å². The van der Waals surface area contributed by atoms with Gasteiger partial charge in [0.15, 0.2) is 6.61 Å². The molecule has 0 atom stereocenters. The van der Waals surface area contributed by atoms with Crippen LogP contribution >= 0.6 is 0 Å². The molecule has 0 aliphatic carbocycles. The summed E-state index contributed by atoms with van der Waals surface area (Å²) in [6.45, 7) is 3.32. The Labute approximate surface area is 146 Å². The zero-order chi connectivity index (χ0) is 18.4. The van der Waals surface area contributed by atoms with Crippen molar-refractivity contribution in [2.24, 2.45) is 0 Å². The maximum Gasteiger partial charge on any atom is 0.338 e. The van der Waals surface area contributed by atoms with Crippen molar-refractivity contribution in [1.82, 2.24) is 0 Å². The molecule has 1 N–H and O–H groups in total. The van der Waals surface area contributed by atoms with Crippen LogP contribution in [-0.4, -0.2) is 32.7 Å². The summed E-state index contributed by atoms with van der Waals surface area (Å²) in [6.07, 6.45) is 0. The predicted octanol–water partition coefficient (Wildman–Crippen LogP) is 3.12. The number of methoxy groups -OCH3 is 2. The minimum absolute atomic E-state index is 0.253. The number of ether oxygens (including phenoxy) is 3. The molecule has 2 aromatic rings. The fraction of sp³-hybridized carbons (Fsp3) is 0.263. The topological polar surface area (TPSA) is 73.9 Å². The largest absolute Gasteiger partial charge is 0.496 e. The van der Waals surface area contributed by atoms with Gasteiger partial charge in [0.2, 0.25) is 0 Å². The smallest absolute Gasteiger partial charge is 0.338 e. The van der Waals surface area contributed by atoms with Crippen molar-refractivity contribution in [1.29, 1.82) is 0 Å². The van der Waals surface area contributed by atoms with E-state index < -0.39 is 11.9 Å². The molecule has 0 fully saturated rings. The average Bonchev–Trinajstić information content (AvgIpc) is 2.61. The fourth-order valence-electron chi connectivity index (χ4n) is 2.32. The number of carbonyl (C=O) groups is 2. The van der Waals surface area contributed by atoms with Crippen LogP contribution in [0.3, 0.4) is 0 Å². The SMILES string of the molecule is COc1cc(C(=O)OCC(=O)Nc2ccccc2C)cc(OC)c1C. The molecule has 25 heavy (non-hydrogen) atoms. The van der Waals surface area contributed by atoms with Crippen molar-refractivity contribution in [2.45, 2.75) is 13.8 Å². The monoisotopic (exact) mass is 343 g/mol. The lowest BCUT2D eigenvalue weighted by atomic mass is 10.1. The van der Waals surface area contributed by atoms with Gasteiger partial charge in [0.25, 0.3) is 5.91 Å². The van der Waals surface area contributed by atoms with Gasteiger partial charge < -0.3 is 19.5 Å². The van der Waals surface area contributed by atoms with E-state index in [-0.39, 0.29) is 12.2 Å². The van der Waals surface area contributed by atoms with Gasteiger partial charge in [-0.15, -0.1) is 0 Å². The zero-order valence-corrected chi connectivity index (χ0v) is 14.7. The van der Waals surface area contributed by atoms with Crippen molar-refractivity contribution in [3.8, 4) is 11.5 Å². The molecular formula is C19H21NO5. The second-order valence-corrected chi connectivity index (χ2v) is 5.44. The number of anilines is 1. The van der Waals surface area contributed by atoms with E-state index in [0.29, 0.717) is 17.2 Å². The molecule has 0 heterocycles. The Bertz CT molecular complexity index is 760. The Balaban J connectivity index is 2.03. The standard InChI is InChI=1S/C19H21NO5/c1-12-7-5-6-8-15(12)20-18(21)11-25-19(22)14-9-16(23-3)13(2)17(10-14)24-4/h5-10H,11H2,1-4H3,(H,20,21). The van der Waals surface area contributed by atoms with Crippen LogP contribution in [0.4, 0.5) is 5.69 Å². The second-order valence-electron chi connectivity index (χ2n) is 5.44. The van der Waals surface area contributed by atoms with Gasteiger partial charge in [0.05, 0.1) is 19.8 Å². The number of hydrogen-bond acceptors (Lipinski definition) is 5. The molecule has 0 saturated carbocycles. The Morgan fingerprint density at radius 3 is 2.16 bits per heavy atom. The average molecular weight is 343 g/mol. The Morgan fingerprint density at radius 1 is 1.00 bits per heavy atom. The van der Waals surface area contributed by atoms with E-state index in [1.54, 1.807) is 18.2 Å². The lowest BCUT2D eigenvalue weighted by molar-refractivity contribution is -0.119. The molecule has 0 radical (unpaired) electrons. The maximum atomic E-state index is 12.2. The molecular weight excluding hydrogens is 322 g/mol. The molecule has 0 saturated heterocycles. The van der Waals surface area contributed by atoms with Gasteiger partial charge in [-0.2, -0.15) is 0 Å². The first kappa shape index (κ1) is 18.3. The number of hydrogen-bond donors (Lipinski definition) is 1. The molecule has 132 valence electrons. The Hall–Kier alpha value is -3.02. The van der Waals surface area contributed by atoms with Gasteiger partial charge in [-0.1, -0.05) is 18.2 Å². The van der Waals surface area contributed by atoms with Crippen LogP contribution in [0.5, 0.6) is 11.5 Å². The molecule has 2 aromatic carbocycles. The zero-order valence-electron chi connectivity index (χ0n) is 14.7. The fourth-order valence-corrected chi connectivity index (χ4v) is 2.32. The van der Waals surface area contributed by atoms with Crippen molar-refractivity contribution >= 4 is 17.6 Å². The van der Waals surface area contributed by atoms with E-state index in [9.17, 15) is 9.59 Å². The van der Waals surface area contributed by atoms with Crippen LogP contribution in [0.1, 0.15) is 21.5 Å². The van der Waals surface area contributed by atoms with Crippen LogP contribution in [0.15, 0.2) is 36.4 Å². The molecule has 6 nitrogen and oxygen atoms in total. The number of rotatable bonds is 6. The van der Waals surface area contributed by atoms with Gasteiger partial charge in [0.1, 0.15) is 11.5 Å². The lowest BCUT2D eigenvalue weighted by Gasteiger charge is -2.12. The highest BCUT2D eigenvalue weighted by atomic mass is 16.5. The number of aryl methyl sites for hydroxylation is 1. The van der Waals surface area contributed by atoms with Crippen molar-refractivity contribution in [2.75, 3.05) is 26.1 Å². The molecule has 0 spiro atoms. The summed E-state index contributed by atoms with van der Waals surface area (Å²) in [5.74, 6) is -0.0171. The predicted molar refractivity (Wildman–Crippen MR) is 94.4 cm³/mol. The highest BCUT2D eigenvalue weighted by molar-refractivity contribution is 5.96. The van der Waals surface area contributed by atoms with Crippen LogP contribution in [0.2, 0.25) is 0 Å². The van der Waals surface area contributed by atoms with E-state index in [1.807, 2.05) is 32.0 Å². The van der Waals surface area contributed by atoms with E-state index in [2.05, 4.69) is 5.32 Å². The summed E-state index contributed by atoms with van der Waals surface area (Å²) < 4.78 is 15.5. The number of para-hydroxylation sites is 1. The number of amides is 1. The number of esters is 1. The molecule has 0 aliphatic rings. The molecule has 6 heteroatoms. The highest BCUT2D eigenvalue weighted by Gasteiger charge is 2.16. The molecule has 0 unspecified atom stereocenters. The normalized spacial score (nSPS) is 10.1. The quantitative estimate of drug-likeness (QED) is 0.816. The molecule has 2 rings (SSSR count). The molecule has 0 aliphatic heterocycles. The van der Waals surface area contributed by atoms with Crippen LogP contribution in [0, 0.1) is 13.8 Å². The summed E-state index contributed by atoms with van der Waals surface area (Å²) in [6, 6.07) is 10.5. The van der Waals surface area contributed by atoms with E-state index in [4.69, 9.17) is 14.2 Å². The van der Waals surface area contributed by atoms with Crippen molar-refractivity contribution in [3.63, 3.8) is 0 Å². The first-order valence-corrected chi connectivity index (χ1v) is 7.71. The van der Waals surface area contributed by atoms with Crippen LogP contribution in [0.25, 0.3) is 0 Å². The molecule has 1 amide bonds. The summed E-state index contributed by atoms with van der Waals surface area (Å²) >= 11 is 0. The first-order valence-electron chi connectivity index (χ1n) is 7.71. The van der Waals surface area contributed by atoms with E-state index >= 15 is 0 Å². The van der Waals surface area contributed by atoms with Crippen molar-refractivity contribution in [3.05, 3.63) is 53.1 Å². The van der Waals surface area contributed by atoms with E-state index in [0.717, 1.165) is 11.1 Å². The van der Waals surface area contributed by atoms with Gasteiger partial charge in [-0.3, -0.25) is 4.79 Å². The van der Waals surface area contributed by atoms with E-state index in [1.165, 1.54) is 14.2 Å². The van der Waals surface area contributed by atoms with Gasteiger partial charge in [-0.25, -0.2) is 4.79 Å². The lowest BCUT2D eigenvalue weighted by Crippen LogP contribution is -2.21. The summed E-state index contributed by atoms with van der Waals surface area (Å²) in [5.41, 5.74) is 2.64. The highest BCUT2D eigenvalue weighted by Crippen LogP contribution is 2.29. The minimum atomic E-state index is -0.628. The van der Waals surface area contributed by atoms with Crippen LogP contribution in [-0.2, 0) is 9.53 Å². The summed E-state index contributed by atoms with van der Waals surface area (Å²) in [4.78, 5) is 24.2. The number of carbonyl (C=O) groups excluding carboxylic acids is 2. The summed E-state index contributed by atoms with van der Waals surface area (Å²) in [7, 11) is 3.01. The third-order valence-corrected chi connectivity index (χ3v) is 3.74. The third kappa shape index (κ3) is 4.50. The van der Waals surface area contributed by atoms with Gasteiger partial charge in [0, 0.05) is 11.3 Å². The number of benzene rings is 2. The summed E-state index contributed by atoms with van der Waals surface area (Å²) in [5, 5.41) is 2.71. The molecule has 0 bridgehead atoms. The maximum absolute atomic E-state index is 12.2. The molecule has 0 aromatic heterocycles.